The van der Waals surface area contributed by atoms with E-state index in [2.05, 4.69) is 27.1 Å². The third-order valence-electron chi connectivity index (χ3n) is 4.21. The number of halogens is 2. The Morgan fingerprint density at radius 1 is 1.36 bits per heavy atom. The summed E-state index contributed by atoms with van der Waals surface area (Å²) in [6.45, 7) is 0.221. The molecule has 1 aliphatic heterocycles. The van der Waals surface area contributed by atoms with Gasteiger partial charge in [0, 0.05) is 17.4 Å². The zero-order valence-corrected chi connectivity index (χ0v) is 14.5. The van der Waals surface area contributed by atoms with E-state index in [1.807, 2.05) is 0 Å². The molecule has 1 aromatic heterocycles. The van der Waals surface area contributed by atoms with Gasteiger partial charge in [-0.2, -0.15) is 10.4 Å². The largest absolute Gasteiger partial charge is 0.492 e. The second-order valence-corrected chi connectivity index (χ2v) is 6.50. The van der Waals surface area contributed by atoms with Crippen LogP contribution in [0.2, 0.25) is 0 Å². The summed E-state index contributed by atoms with van der Waals surface area (Å²) in [6, 6.07) is 9.81. The van der Waals surface area contributed by atoms with Gasteiger partial charge in [0.15, 0.2) is 5.78 Å². The molecule has 4 rings (SSSR count). The van der Waals surface area contributed by atoms with Crippen molar-refractivity contribution in [2.75, 3.05) is 6.61 Å². The van der Waals surface area contributed by atoms with Crippen molar-refractivity contribution in [2.24, 2.45) is 0 Å². The fraction of sp³-hybridized carbons (Fsp3) is 0.167. The number of aromatic nitrogens is 2. The van der Waals surface area contributed by atoms with Gasteiger partial charge in [0.25, 0.3) is 0 Å². The number of fused-ring (bicyclic) bond motifs is 2. The number of nitrogens with zero attached hydrogens (tertiary/aromatic N) is 3. The molecule has 0 saturated heterocycles. The van der Waals surface area contributed by atoms with Crippen molar-refractivity contribution in [1.82, 2.24) is 9.78 Å². The molecule has 5 nitrogen and oxygen atoms in total. The highest BCUT2D eigenvalue weighted by Gasteiger charge is 2.30. The highest BCUT2D eigenvalue weighted by atomic mass is 79.9. The third-order valence-corrected chi connectivity index (χ3v) is 4.94. The van der Waals surface area contributed by atoms with Crippen LogP contribution >= 0.6 is 15.9 Å². The van der Waals surface area contributed by atoms with Crippen LogP contribution in [0.1, 0.15) is 17.9 Å². The first-order valence-electron chi connectivity index (χ1n) is 7.61. The van der Waals surface area contributed by atoms with Crippen LogP contribution in [0, 0.1) is 17.1 Å². The van der Waals surface area contributed by atoms with Gasteiger partial charge < -0.3 is 4.74 Å². The molecule has 0 fully saturated rings. The van der Waals surface area contributed by atoms with E-state index in [-0.39, 0.29) is 24.6 Å². The van der Waals surface area contributed by atoms with Crippen molar-refractivity contribution < 1.29 is 13.9 Å². The van der Waals surface area contributed by atoms with Crippen molar-refractivity contribution >= 4 is 32.6 Å². The number of Topliss-reactive ketones (excluding diaryl/α,β-unsaturated/α-hetero) is 1. The van der Waals surface area contributed by atoms with Crippen LogP contribution in [0.25, 0.3) is 16.6 Å². The molecule has 2 heterocycles. The van der Waals surface area contributed by atoms with Gasteiger partial charge in [-0.1, -0.05) is 0 Å². The Balaban J connectivity index is 1.97. The summed E-state index contributed by atoms with van der Waals surface area (Å²) in [5.74, 6) is -0.855. The monoisotopic (exact) mass is 399 g/mol. The van der Waals surface area contributed by atoms with Crippen LogP contribution in [-0.4, -0.2) is 22.2 Å². The third kappa shape index (κ3) is 2.50. The number of rotatable bonds is 1. The molecule has 124 valence electrons. The summed E-state index contributed by atoms with van der Waals surface area (Å²) in [5, 5.41) is 14.5. The molecular formula is C18H11BrFN3O2. The molecule has 0 radical (unpaired) electrons. The molecule has 0 bridgehead atoms. The molecule has 0 spiro atoms. The number of hydrogen-bond acceptors (Lipinski definition) is 4. The molecule has 7 heteroatoms. The molecule has 0 saturated carbocycles. The molecule has 0 amide bonds. The van der Waals surface area contributed by atoms with E-state index in [1.165, 1.54) is 12.1 Å². The first kappa shape index (κ1) is 15.8. The van der Waals surface area contributed by atoms with Gasteiger partial charge in [-0.25, -0.2) is 9.07 Å². The standard InChI is InChI=1S/C18H11BrFN3O2/c19-16-17-10(9-22-23(17)12-3-1-11(20)2-4-12)7-13-14(8-21)15(24)5-6-25-18(13)16/h1-4,7,9,14H,5-6H2. The zero-order valence-electron chi connectivity index (χ0n) is 12.9. The van der Waals surface area contributed by atoms with Crippen LogP contribution in [0.15, 0.2) is 41.0 Å². The SMILES string of the molecule is N#CC1C(=O)CCOc2c1cc1cnn(-c3ccc(F)cc3)c1c2Br. The minimum atomic E-state index is -0.854. The minimum Gasteiger partial charge on any atom is -0.492 e. The van der Waals surface area contributed by atoms with E-state index in [1.54, 1.807) is 29.1 Å². The summed E-state index contributed by atoms with van der Waals surface area (Å²) >= 11 is 3.54. The first-order chi connectivity index (χ1) is 12.1. The number of carbonyl (C=O) groups is 1. The van der Waals surface area contributed by atoms with E-state index in [0.29, 0.717) is 21.5 Å². The van der Waals surface area contributed by atoms with Crippen molar-refractivity contribution in [3.63, 3.8) is 0 Å². The van der Waals surface area contributed by atoms with Crippen molar-refractivity contribution in [2.45, 2.75) is 12.3 Å². The van der Waals surface area contributed by atoms with Crippen LogP contribution < -0.4 is 4.74 Å². The number of ether oxygens (including phenoxy) is 1. The topological polar surface area (TPSA) is 67.9 Å². The van der Waals surface area contributed by atoms with Crippen molar-refractivity contribution in [3.8, 4) is 17.5 Å². The fourth-order valence-electron chi connectivity index (χ4n) is 3.01. The van der Waals surface area contributed by atoms with Crippen LogP contribution in [0.4, 0.5) is 4.39 Å². The maximum atomic E-state index is 13.2. The van der Waals surface area contributed by atoms with E-state index in [0.717, 1.165) is 10.9 Å². The van der Waals surface area contributed by atoms with Gasteiger partial charge >= 0.3 is 0 Å². The molecule has 2 aromatic carbocycles. The fourth-order valence-corrected chi connectivity index (χ4v) is 3.75. The molecule has 0 N–H and O–H groups in total. The van der Waals surface area contributed by atoms with Crippen LogP contribution in [-0.2, 0) is 4.79 Å². The Morgan fingerprint density at radius 3 is 2.84 bits per heavy atom. The van der Waals surface area contributed by atoms with E-state index >= 15 is 0 Å². The summed E-state index contributed by atoms with van der Waals surface area (Å²) in [4.78, 5) is 12.1. The molecule has 1 unspecified atom stereocenters. The maximum Gasteiger partial charge on any atom is 0.157 e. The molecule has 3 aromatic rings. The maximum absolute atomic E-state index is 13.2. The van der Waals surface area contributed by atoms with E-state index in [9.17, 15) is 14.4 Å². The average molecular weight is 400 g/mol. The van der Waals surface area contributed by atoms with Gasteiger partial charge in [-0.15, -0.1) is 0 Å². The lowest BCUT2D eigenvalue weighted by molar-refractivity contribution is -0.119. The Bertz CT molecular complexity index is 1040. The summed E-state index contributed by atoms with van der Waals surface area (Å²) in [5.41, 5.74) is 1.97. The normalized spacial score (nSPS) is 16.8. The lowest BCUT2D eigenvalue weighted by Crippen LogP contribution is -2.09. The molecular weight excluding hydrogens is 389 g/mol. The Morgan fingerprint density at radius 2 is 2.12 bits per heavy atom. The summed E-state index contributed by atoms with van der Waals surface area (Å²) in [6.07, 6.45) is 1.84. The number of hydrogen-bond donors (Lipinski definition) is 0. The van der Waals surface area contributed by atoms with E-state index < -0.39 is 5.92 Å². The summed E-state index contributed by atoms with van der Waals surface area (Å²) < 4.78 is 21.2. The number of carbonyl (C=O) groups excluding carboxylic acids is 1. The Labute approximate surface area is 150 Å². The van der Waals surface area contributed by atoms with Crippen LogP contribution in [0.3, 0.4) is 0 Å². The molecule has 0 aliphatic carbocycles. The van der Waals surface area contributed by atoms with Crippen molar-refractivity contribution in [3.05, 3.63) is 52.4 Å². The van der Waals surface area contributed by atoms with Gasteiger partial charge in [0.05, 0.1) is 34.5 Å². The Kier molecular flexibility index (Phi) is 3.77. The first-order valence-corrected chi connectivity index (χ1v) is 8.40. The smallest absolute Gasteiger partial charge is 0.157 e. The highest BCUT2D eigenvalue weighted by Crippen LogP contribution is 2.42. The molecule has 25 heavy (non-hydrogen) atoms. The number of ketones is 1. The second-order valence-electron chi connectivity index (χ2n) is 5.71. The number of benzene rings is 2. The summed E-state index contributed by atoms with van der Waals surface area (Å²) in [7, 11) is 0. The molecule has 1 atom stereocenters. The van der Waals surface area contributed by atoms with Gasteiger partial charge in [0.2, 0.25) is 0 Å². The average Bonchev–Trinajstić information content (AvgIpc) is 2.95. The highest BCUT2D eigenvalue weighted by molar-refractivity contribution is 9.10. The van der Waals surface area contributed by atoms with Gasteiger partial charge in [0.1, 0.15) is 17.5 Å². The second kappa shape index (κ2) is 5.97. The van der Waals surface area contributed by atoms with Crippen molar-refractivity contribution in [1.29, 1.82) is 5.26 Å². The van der Waals surface area contributed by atoms with Gasteiger partial charge in [-0.05, 0) is 46.3 Å². The predicted octanol–water partition coefficient (Wildman–Crippen LogP) is 3.89. The molecule has 1 aliphatic rings. The Hall–Kier alpha value is -2.72. The van der Waals surface area contributed by atoms with Crippen LogP contribution in [0.5, 0.6) is 5.75 Å². The lowest BCUT2D eigenvalue weighted by atomic mass is 9.93. The lowest BCUT2D eigenvalue weighted by Gasteiger charge is -2.13. The van der Waals surface area contributed by atoms with E-state index in [4.69, 9.17) is 4.74 Å². The predicted molar refractivity (Wildman–Crippen MR) is 92.2 cm³/mol. The number of nitriles is 1. The zero-order chi connectivity index (χ0) is 17.6. The minimum absolute atomic E-state index is 0.154. The quantitative estimate of drug-likeness (QED) is 0.622. The van der Waals surface area contributed by atoms with Gasteiger partial charge in [-0.3, -0.25) is 4.79 Å².